The van der Waals surface area contributed by atoms with Crippen LogP contribution in [0.15, 0.2) is 34.8 Å². The van der Waals surface area contributed by atoms with Crippen molar-refractivity contribution in [3.8, 4) is 0 Å². The Hall–Kier alpha value is -2.07. The molecular formula is C13H12O4. The molecule has 0 aliphatic heterocycles. The zero-order chi connectivity index (χ0) is 12.3. The smallest absolute Gasteiger partial charge is 0.371 e. The van der Waals surface area contributed by atoms with E-state index in [1.165, 1.54) is 6.07 Å². The summed E-state index contributed by atoms with van der Waals surface area (Å²) < 4.78 is 5.15. The monoisotopic (exact) mass is 232 g/mol. The van der Waals surface area contributed by atoms with Gasteiger partial charge in [-0.3, -0.25) is 0 Å². The van der Waals surface area contributed by atoms with Crippen LogP contribution in [0.3, 0.4) is 0 Å². The fourth-order valence-corrected chi connectivity index (χ4v) is 1.56. The minimum absolute atomic E-state index is 0.0588. The van der Waals surface area contributed by atoms with Crippen molar-refractivity contribution < 1.29 is 19.4 Å². The lowest BCUT2D eigenvalue weighted by atomic mass is 10.1. The maximum absolute atomic E-state index is 10.7. The van der Waals surface area contributed by atoms with Crippen molar-refractivity contribution in [1.82, 2.24) is 0 Å². The van der Waals surface area contributed by atoms with E-state index in [1.54, 1.807) is 6.07 Å². The van der Waals surface area contributed by atoms with Crippen LogP contribution in [0.2, 0.25) is 0 Å². The van der Waals surface area contributed by atoms with Crippen molar-refractivity contribution >= 4 is 23.0 Å². The van der Waals surface area contributed by atoms with Crippen LogP contribution in [-0.4, -0.2) is 22.8 Å². The number of furan rings is 1. The molecule has 0 amide bonds. The first-order valence-electron chi connectivity index (χ1n) is 5.25. The van der Waals surface area contributed by atoms with Crippen molar-refractivity contribution in [3.05, 3.63) is 41.7 Å². The van der Waals surface area contributed by atoms with Crippen LogP contribution in [0.25, 0.3) is 17.0 Å². The Morgan fingerprint density at radius 1 is 1.35 bits per heavy atom. The highest BCUT2D eigenvalue weighted by Crippen LogP contribution is 2.21. The molecule has 4 heteroatoms. The quantitative estimate of drug-likeness (QED) is 0.849. The van der Waals surface area contributed by atoms with Crippen LogP contribution in [-0.2, 0) is 0 Å². The van der Waals surface area contributed by atoms with Crippen LogP contribution in [0.5, 0.6) is 0 Å². The van der Waals surface area contributed by atoms with Gasteiger partial charge in [0.05, 0.1) is 0 Å². The molecule has 0 atom stereocenters. The van der Waals surface area contributed by atoms with Crippen LogP contribution < -0.4 is 0 Å². The summed E-state index contributed by atoms with van der Waals surface area (Å²) in [7, 11) is 0. The van der Waals surface area contributed by atoms with Crippen molar-refractivity contribution in [1.29, 1.82) is 0 Å². The Kier molecular flexibility index (Phi) is 3.25. The van der Waals surface area contributed by atoms with Gasteiger partial charge in [0, 0.05) is 12.0 Å². The minimum atomic E-state index is -1.07. The third-order valence-corrected chi connectivity index (χ3v) is 2.36. The molecule has 2 rings (SSSR count). The van der Waals surface area contributed by atoms with Gasteiger partial charge in [-0.25, -0.2) is 4.79 Å². The summed E-state index contributed by atoms with van der Waals surface area (Å²) >= 11 is 0. The summed E-state index contributed by atoms with van der Waals surface area (Å²) in [4.78, 5) is 10.7. The van der Waals surface area contributed by atoms with Crippen molar-refractivity contribution in [3.63, 3.8) is 0 Å². The summed E-state index contributed by atoms with van der Waals surface area (Å²) in [5.41, 5.74) is 1.50. The molecule has 0 bridgehead atoms. The van der Waals surface area contributed by atoms with Gasteiger partial charge in [0.25, 0.3) is 0 Å². The Balaban J connectivity index is 2.33. The van der Waals surface area contributed by atoms with Gasteiger partial charge in [-0.2, -0.15) is 0 Å². The average molecular weight is 232 g/mol. The number of carboxylic acid groups (broad SMARTS) is 1. The summed E-state index contributed by atoms with van der Waals surface area (Å²) in [5, 5.41) is 18.2. The molecule has 1 aromatic heterocycles. The number of carboxylic acids is 1. The van der Waals surface area contributed by atoms with Gasteiger partial charge in [-0.15, -0.1) is 0 Å². The number of fused-ring (bicyclic) bond motifs is 1. The number of aliphatic hydroxyl groups excluding tert-OH is 1. The zero-order valence-corrected chi connectivity index (χ0v) is 9.09. The highest BCUT2D eigenvalue weighted by atomic mass is 16.4. The second-order valence-corrected chi connectivity index (χ2v) is 3.63. The van der Waals surface area contributed by atoms with E-state index < -0.39 is 5.97 Å². The second kappa shape index (κ2) is 4.84. The van der Waals surface area contributed by atoms with Crippen LogP contribution >= 0.6 is 0 Å². The Bertz CT molecular complexity index is 566. The molecule has 0 aliphatic rings. The first kappa shape index (κ1) is 11.4. The van der Waals surface area contributed by atoms with E-state index in [9.17, 15) is 4.79 Å². The van der Waals surface area contributed by atoms with E-state index in [1.807, 2.05) is 24.3 Å². The molecular weight excluding hydrogens is 220 g/mol. The van der Waals surface area contributed by atoms with Gasteiger partial charge in [-0.05, 0) is 30.2 Å². The largest absolute Gasteiger partial charge is 0.475 e. The molecule has 1 heterocycles. The SMILES string of the molecule is O=C(O)c1cc2cc(C=CCCO)ccc2o1. The van der Waals surface area contributed by atoms with Gasteiger partial charge >= 0.3 is 5.97 Å². The average Bonchev–Trinajstić information content (AvgIpc) is 2.72. The standard InChI is InChI=1S/C13H12O4/c14-6-2-1-3-9-4-5-11-10(7-9)8-12(17-11)13(15)16/h1,3-5,7-8,14H,2,6H2,(H,15,16). The Morgan fingerprint density at radius 2 is 2.18 bits per heavy atom. The molecule has 0 radical (unpaired) electrons. The van der Waals surface area contributed by atoms with Crippen LogP contribution in [0.1, 0.15) is 22.5 Å². The molecule has 0 aliphatic carbocycles. The predicted octanol–water partition coefficient (Wildman–Crippen LogP) is 2.53. The van der Waals surface area contributed by atoms with Gasteiger partial charge in [0.2, 0.25) is 5.76 Å². The fourth-order valence-electron chi connectivity index (χ4n) is 1.56. The van der Waals surface area contributed by atoms with Crippen molar-refractivity contribution in [2.75, 3.05) is 6.61 Å². The summed E-state index contributed by atoms with van der Waals surface area (Å²) in [6.07, 6.45) is 4.34. The number of benzene rings is 1. The lowest BCUT2D eigenvalue weighted by Crippen LogP contribution is -1.91. The first-order chi connectivity index (χ1) is 8.20. The molecule has 0 saturated heterocycles. The number of aliphatic hydroxyl groups is 1. The molecule has 0 saturated carbocycles. The van der Waals surface area contributed by atoms with E-state index >= 15 is 0 Å². The minimum Gasteiger partial charge on any atom is -0.475 e. The number of carbonyl (C=O) groups is 1. The maximum Gasteiger partial charge on any atom is 0.371 e. The van der Waals surface area contributed by atoms with Crippen LogP contribution in [0.4, 0.5) is 0 Å². The normalized spacial score (nSPS) is 11.4. The first-order valence-corrected chi connectivity index (χ1v) is 5.25. The molecule has 2 N–H and O–H groups in total. The second-order valence-electron chi connectivity index (χ2n) is 3.63. The third-order valence-electron chi connectivity index (χ3n) is 2.36. The molecule has 2 aromatic rings. The van der Waals surface area contributed by atoms with E-state index in [0.29, 0.717) is 12.0 Å². The maximum atomic E-state index is 10.7. The molecule has 4 nitrogen and oxygen atoms in total. The van der Waals surface area contributed by atoms with E-state index in [-0.39, 0.29) is 12.4 Å². The van der Waals surface area contributed by atoms with Gasteiger partial charge < -0.3 is 14.6 Å². The molecule has 0 spiro atoms. The highest BCUT2D eigenvalue weighted by Gasteiger charge is 2.09. The van der Waals surface area contributed by atoms with Crippen LogP contribution in [0, 0.1) is 0 Å². The highest BCUT2D eigenvalue weighted by molar-refractivity contribution is 5.92. The molecule has 88 valence electrons. The van der Waals surface area contributed by atoms with Crippen molar-refractivity contribution in [2.45, 2.75) is 6.42 Å². The molecule has 17 heavy (non-hydrogen) atoms. The molecule has 0 unspecified atom stereocenters. The van der Waals surface area contributed by atoms with E-state index in [0.717, 1.165) is 10.9 Å². The molecule has 0 fully saturated rings. The summed E-state index contributed by atoms with van der Waals surface area (Å²) in [6.45, 7) is 0.119. The lowest BCUT2D eigenvalue weighted by Gasteiger charge is -1.93. The fraction of sp³-hybridized carbons (Fsp3) is 0.154. The van der Waals surface area contributed by atoms with E-state index in [2.05, 4.69) is 0 Å². The number of hydrogen-bond acceptors (Lipinski definition) is 3. The van der Waals surface area contributed by atoms with E-state index in [4.69, 9.17) is 14.6 Å². The summed E-state index contributed by atoms with van der Waals surface area (Å²) in [6, 6.07) is 6.92. The Labute approximate surface area is 97.8 Å². The number of rotatable bonds is 4. The lowest BCUT2D eigenvalue weighted by molar-refractivity contribution is 0.0665. The predicted molar refractivity (Wildman–Crippen MR) is 63.9 cm³/mol. The third kappa shape index (κ3) is 2.54. The number of hydrogen-bond donors (Lipinski definition) is 2. The topological polar surface area (TPSA) is 70.7 Å². The molecule has 1 aromatic carbocycles. The summed E-state index contributed by atoms with van der Waals surface area (Å²) in [5.74, 6) is -1.13. The van der Waals surface area contributed by atoms with Gasteiger partial charge in [0.15, 0.2) is 0 Å². The number of aromatic carboxylic acids is 1. The van der Waals surface area contributed by atoms with Crippen molar-refractivity contribution in [2.24, 2.45) is 0 Å². The Morgan fingerprint density at radius 3 is 2.88 bits per heavy atom. The zero-order valence-electron chi connectivity index (χ0n) is 9.09. The van der Waals surface area contributed by atoms with Gasteiger partial charge in [-0.1, -0.05) is 18.2 Å². The van der Waals surface area contributed by atoms with Gasteiger partial charge in [0.1, 0.15) is 5.58 Å².